The number of likely N-dealkylation sites (tertiary alicyclic amines) is 1. The Hall–Kier alpha value is -3.03. The summed E-state index contributed by atoms with van der Waals surface area (Å²) in [5.74, 6) is -0.161. The first-order chi connectivity index (χ1) is 11.6. The van der Waals surface area contributed by atoms with Gasteiger partial charge in [0, 0.05) is 25.5 Å². The van der Waals surface area contributed by atoms with E-state index in [0.717, 1.165) is 5.69 Å². The van der Waals surface area contributed by atoms with E-state index in [1.54, 1.807) is 27.9 Å². The maximum Gasteiger partial charge on any atom is 0.327 e. The van der Waals surface area contributed by atoms with Crippen LogP contribution in [0.1, 0.15) is 28.6 Å². The van der Waals surface area contributed by atoms with Crippen molar-refractivity contribution in [3.05, 3.63) is 52.6 Å². The first kappa shape index (κ1) is 14.6. The highest BCUT2D eigenvalue weighted by Gasteiger charge is 2.30. The number of rotatable bonds is 2. The Morgan fingerprint density at radius 1 is 1.29 bits per heavy atom. The highest BCUT2D eigenvalue weighted by Crippen LogP contribution is 2.24. The zero-order valence-electron chi connectivity index (χ0n) is 13.1. The first-order valence-corrected chi connectivity index (χ1v) is 7.76. The van der Waals surface area contributed by atoms with Gasteiger partial charge in [0.15, 0.2) is 5.65 Å². The zero-order valence-corrected chi connectivity index (χ0v) is 13.1. The highest BCUT2D eigenvalue weighted by molar-refractivity contribution is 5.92. The lowest BCUT2D eigenvalue weighted by molar-refractivity contribution is 0.0781. The van der Waals surface area contributed by atoms with E-state index < -0.39 is 0 Å². The van der Waals surface area contributed by atoms with Gasteiger partial charge in [0.25, 0.3) is 5.91 Å². The third-order valence-electron chi connectivity index (χ3n) is 4.29. The molecular formula is C16H16N6O2. The molecule has 1 fully saturated rings. The van der Waals surface area contributed by atoms with E-state index in [1.165, 1.54) is 6.20 Å². The maximum absolute atomic E-state index is 12.5. The average molecular weight is 324 g/mol. The number of hydrogen-bond donors (Lipinski definition) is 1. The summed E-state index contributed by atoms with van der Waals surface area (Å²) in [6.45, 7) is 2.85. The van der Waals surface area contributed by atoms with Crippen LogP contribution in [0.25, 0.3) is 11.2 Å². The van der Waals surface area contributed by atoms with Crippen molar-refractivity contribution < 1.29 is 4.79 Å². The van der Waals surface area contributed by atoms with E-state index in [-0.39, 0.29) is 17.6 Å². The summed E-state index contributed by atoms with van der Waals surface area (Å²) in [5, 5.41) is 0. The molecule has 122 valence electrons. The van der Waals surface area contributed by atoms with Gasteiger partial charge in [0.2, 0.25) is 0 Å². The molecule has 1 saturated heterocycles. The number of pyridine rings is 1. The molecule has 4 heterocycles. The van der Waals surface area contributed by atoms with E-state index in [9.17, 15) is 9.59 Å². The number of aromatic nitrogens is 5. The Morgan fingerprint density at radius 2 is 2.17 bits per heavy atom. The van der Waals surface area contributed by atoms with Crippen molar-refractivity contribution in [2.24, 2.45) is 0 Å². The van der Waals surface area contributed by atoms with Crippen molar-refractivity contribution in [1.82, 2.24) is 29.4 Å². The molecule has 0 spiro atoms. The van der Waals surface area contributed by atoms with Gasteiger partial charge in [0.05, 0.1) is 23.4 Å². The van der Waals surface area contributed by atoms with Crippen molar-refractivity contribution >= 4 is 17.1 Å². The number of fused-ring (bicyclic) bond motifs is 1. The smallest absolute Gasteiger partial charge is 0.327 e. The lowest BCUT2D eigenvalue weighted by atomic mass is 10.2. The van der Waals surface area contributed by atoms with Gasteiger partial charge in [-0.1, -0.05) is 0 Å². The zero-order chi connectivity index (χ0) is 16.7. The first-order valence-electron chi connectivity index (χ1n) is 7.76. The Labute approximate surface area is 137 Å². The molecule has 1 aliphatic rings. The van der Waals surface area contributed by atoms with Crippen LogP contribution in [-0.4, -0.2) is 48.4 Å². The standard InChI is InChI=1S/C16H16N6O2/c1-10-7-19-13(8-18-10)15(23)21-6-4-11(9-21)22-14-12(20-16(22)24)3-2-5-17-14/h2-3,5,7-8,11H,4,6,9H2,1H3,(H,20,24). The molecule has 0 saturated carbocycles. The fourth-order valence-electron chi connectivity index (χ4n) is 3.10. The summed E-state index contributed by atoms with van der Waals surface area (Å²) >= 11 is 0. The summed E-state index contributed by atoms with van der Waals surface area (Å²) < 4.78 is 1.64. The van der Waals surface area contributed by atoms with Gasteiger partial charge >= 0.3 is 5.69 Å². The Morgan fingerprint density at radius 3 is 2.96 bits per heavy atom. The van der Waals surface area contributed by atoms with Crippen molar-refractivity contribution in [1.29, 1.82) is 0 Å². The summed E-state index contributed by atoms with van der Waals surface area (Å²) in [7, 11) is 0. The summed E-state index contributed by atoms with van der Waals surface area (Å²) in [5.41, 5.74) is 2.22. The van der Waals surface area contributed by atoms with Gasteiger partial charge in [-0.3, -0.25) is 14.3 Å². The fraction of sp³-hybridized carbons (Fsp3) is 0.312. The van der Waals surface area contributed by atoms with Crippen molar-refractivity contribution in [3.63, 3.8) is 0 Å². The monoisotopic (exact) mass is 324 g/mol. The minimum atomic E-state index is -0.196. The molecule has 1 unspecified atom stereocenters. The SMILES string of the molecule is Cc1cnc(C(=O)N2CCC(n3c(=O)[nH]c4cccnc43)C2)cn1. The predicted octanol–water partition coefficient (Wildman–Crippen LogP) is 0.910. The molecule has 1 N–H and O–H groups in total. The van der Waals surface area contributed by atoms with Crippen LogP contribution >= 0.6 is 0 Å². The van der Waals surface area contributed by atoms with Crippen molar-refractivity contribution in [2.75, 3.05) is 13.1 Å². The van der Waals surface area contributed by atoms with Gasteiger partial charge in [-0.05, 0) is 25.5 Å². The molecule has 1 amide bonds. The number of carbonyl (C=O) groups is 1. The van der Waals surface area contributed by atoms with E-state index in [0.29, 0.717) is 36.4 Å². The van der Waals surface area contributed by atoms with Crippen molar-refractivity contribution in [3.8, 4) is 0 Å². The second kappa shape index (κ2) is 5.55. The molecule has 3 aromatic rings. The van der Waals surface area contributed by atoms with Crippen LogP contribution in [0, 0.1) is 6.92 Å². The minimum absolute atomic E-state index is 0.0940. The van der Waals surface area contributed by atoms with Crippen LogP contribution in [-0.2, 0) is 0 Å². The van der Waals surface area contributed by atoms with Crippen LogP contribution in [0.4, 0.5) is 0 Å². The Kier molecular flexibility index (Phi) is 3.37. The normalized spacial score (nSPS) is 17.5. The molecule has 8 nitrogen and oxygen atoms in total. The lowest BCUT2D eigenvalue weighted by Crippen LogP contribution is -2.31. The summed E-state index contributed by atoms with van der Waals surface area (Å²) in [6.07, 6.45) is 5.43. The molecule has 0 bridgehead atoms. The predicted molar refractivity (Wildman–Crippen MR) is 86.7 cm³/mol. The summed E-state index contributed by atoms with van der Waals surface area (Å²) in [4.78, 5) is 41.8. The third kappa shape index (κ3) is 2.36. The minimum Gasteiger partial charge on any atom is -0.335 e. The number of imidazole rings is 1. The highest BCUT2D eigenvalue weighted by atomic mass is 16.2. The van der Waals surface area contributed by atoms with Gasteiger partial charge in [0.1, 0.15) is 5.69 Å². The molecule has 0 aromatic carbocycles. The third-order valence-corrected chi connectivity index (χ3v) is 4.29. The number of aryl methyl sites for hydroxylation is 1. The van der Waals surface area contributed by atoms with Crippen LogP contribution in [0.15, 0.2) is 35.5 Å². The molecule has 4 rings (SSSR count). The largest absolute Gasteiger partial charge is 0.335 e. The topological polar surface area (TPSA) is 96.8 Å². The number of hydrogen-bond acceptors (Lipinski definition) is 5. The van der Waals surface area contributed by atoms with Crippen molar-refractivity contribution in [2.45, 2.75) is 19.4 Å². The number of carbonyl (C=O) groups excluding carboxylic acids is 1. The molecule has 0 radical (unpaired) electrons. The van der Waals surface area contributed by atoms with Gasteiger partial charge < -0.3 is 9.88 Å². The maximum atomic E-state index is 12.5. The Balaban J connectivity index is 1.60. The number of amides is 1. The summed E-state index contributed by atoms with van der Waals surface area (Å²) in [6, 6.07) is 3.51. The molecule has 8 heteroatoms. The number of aromatic amines is 1. The molecule has 0 aliphatic carbocycles. The van der Waals surface area contributed by atoms with Crippen LogP contribution in [0.3, 0.4) is 0 Å². The number of H-pyrrole nitrogens is 1. The molecule has 3 aromatic heterocycles. The second-order valence-corrected chi connectivity index (χ2v) is 5.91. The fourth-order valence-corrected chi connectivity index (χ4v) is 3.10. The van der Waals surface area contributed by atoms with Crippen LogP contribution < -0.4 is 5.69 Å². The molecule has 1 atom stereocenters. The van der Waals surface area contributed by atoms with Crippen LogP contribution in [0.5, 0.6) is 0 Å². The molecule has 24 heavy (non-hydrogen) atoms. The molecule has 1 aliphatic heterocycles. The Bertz CT molecular complexity index is 959. The van der Waals surface area contributed by atoms with E-state index >= 15 is 0 Å². The van der Waals surface area contributed by atoms with E-state index in [2.05, 4.69) is 19.9 Å². The average Bonchev–Trinajstić information content (AvgIpc) is 3.18. The number of nitrogens with zero attached hydrogens (tertiary/aromatic N) is 5. The number of nitrogens with one attached hydrogen (secondary N) is 1. The lowest BCUT2D eigenvalue weighted by Gasteiger charge is -2.16. The van der Waals surface area contributed by atoms with E-state index in [1.807, 2.05) is 13.0 Å². The van der Waals surface area contributed by atoms with Gasteiger partial charge in [-0.25, -0.2) is 14.8 Å². The molecular weight excluding hydrogens is 308 g/mol. The van der Waals surface area contributed by atoms with Crippen LogP contribution in [0.2, 0.25) is 0 Å². The van der Waals surface area contributed by atoms with Gasteiger partial charge in [-0.15, -0.1) is 0 Å². The van der Waals surface area contributed by atoms with Gasteiger partial charge in [-0.2, -0.15) is 0 Å². The second-order valence-electron chi connectivity index (χ2n) is 5.91. The van der Waals surface area contributed by atoms with E-state index in [4.69, 9.17) is 0 Å². The quantitative estimate of drug-likeness (QED) is 0.756.